The van der Waals surface area contributed by atoms with Gasteiger partial charge in [-0.05, 0) is 60.8 Å². The first-order valence-corrected chi connectivity index (χ1v) is 8.84. The van der Waals surface area contributed by atoms with E-state index in [2.05, 4.69) is 24.3 Å². The van der Waals surface area contributed by atoms with E-state index in [9.17, 15) is 4.79 Å². The minimum Gasteiger partial charge on any atom is -0.426 e. The number of carbonyl (C=O) groups is 1. The molecule has 0 saturated carbocycles. The largest absolute Gasteiger partial charge is 0.509 e. The first-order valence-electron chi connectivity index (χ1n) is 8.84. The molecular formula is C21H22O3. The van der Waals surface area contributed by atoms with E-state index in [-0.39, 0.29) is 12.2 Å². The van der Waals surface area contributed by atoms with Crippen LogP contribution in [0.1, 0.15) is 60.1 Å². The molecule has 0 radical (unpaired) electrons. The molecule has 2 unspecified atom stereocenters. The lowest BCUT2D eigenvalue weighted by Crippen LogP contribution is -2.21. The molecule has 0 fully saturated rings. The molecule has 3 nitrogen and oxygen atoms in total. The van der Waals surface area contributed by atoms with Crippen LogP contribution in [0.5, 0.6) is 0 Å². The van der Waals surface area contributed by atoms with Crippen LogP contribution in [-0.2, 0) is 22.3 Å². The fraction of sp³-hybridized carbons (Fsp3) is 0.381. The Morgan fingerprint density at radius 3 is 1.71 bits per heavy atom. The number of rotatable bonds is 2. The minimum atomic E-state index is -0.543. The van der Waals surface area contributed by atoms with Crippen LogP contribution in [0.3, 0.4) is 0 Å². The molecule has 0 aromatic heterocycles. The van der Waals surface area contributed by atoms with E-state index in [0.717, 1.165) is 49.7 Å². The number of ether oxygens (including phenoxy) is 2. The molecule has 0 bridgehead atoms. The van der Waals surface area contributed by atoms with Crippen molar-refractivity contribution in [1.29, 1.82) is 0 Å². The maximum atomic E-state index is 12.4. The quantitative estimate of drug-likeness (QED) is 0.704. The molecule has 24 heavy (non-hydrogen) atoms. The molecule has 124 valence electrons. The van der Waals surface area contributed by atoms with Crippen molar-refractivity contribution in [1.82, 2.24) is 0 Å². The van der Waals surface area contributed by atoms with Gasteiger partial charge in [0.25, 0.3) is 0 Å². The minimum absolute atomic E-state index is 0.179. The Balaban J connectivity index is 1.45. The van der Waals surface area contributed by atoms with Gasteiger partial charge in [0.15, 0.2) is 0 Å². The molecule has 0 spiro atoms. The summed E-state index contributed by atoms with van der Waals surface area (Å²) in [7, 11) is 0. The van der Waals surface area contributed by atoms with E-state index in [1.54, 1.807) is 0 Å². The van der Waals surface area contributed by atoms with Crippen LogP contribution in [-0.4, -0.2) is 6.16 Å². The summed E-state index contributed by atoms with van der Waals surface area (Å²) in [5.74, 6) is 0. The highest BCUT2D eigenvalue weighted by atomic mass is 16.7. The van der Waals surface area contributed by atoms with Crippen molar-refractivity contribution in [3.05, 3.63) is 70.8 Å². The zero-order valence-electron chi connectivity index (χ0n) is 13.7. The molecule has 0 heterocycles. The Morgan fingerprint density at radius 1 is 0.750 bits per heavy atom. The zero-order valence-corrected chi connectivity index (χ0v) is 13.7. The van der Waals surface area contributed by atoms with Crippen molar-refractivity contribution in [2.45, 2.75) is 50.7 Å². The molecule has 2 aliphatic carbocycles. The van der Waals surface area contributed by atoms with E-state index in [1.807, 2.05) is 24.3 Å². The molecular weight excluding hydrogens is 300 g/mol. The summed E-state index contributed by atoms with van der Waals surface area (Å²) in [5, 5.41) is 0. The molecule has 2 aromatic carbocycles. The summed E-state index contributed by atoms with van der Waals surface area (Å²) in [6, 6.07) is 16.4. The van der Waals surface area contributed by atoms with Gasteiger partial charge in [-0.3, -0.25) is 0 Å². The Labute approximate surface area is 142 Å². The van der Waals surface area contributed by atoms with Crippen LogP contribution in [0.15, 0.2) is 48.5 Å². The maximum absolute atomic E-state index is 12.4. The summed E-state index contributed by atoms with van der Waals surface area (Å²) >= 11 is 0. The lowest BCUT2D eigenvalue weighted by atomic mass is 9.89. The summed E-state index contributed by atoms with van der Waals surface area (Å²) in [4.78, 5) is 12.4. The number of aryl methyl sites for hydroxylation is 2. The van der Waals surface area contributed by atoms with Crippen molar-refractivity contribution in [2.75, 3.05) is 0 Å². The third-order valence-electron chi connectivity index (χ3n) is 5.11. The first-order chi connectivity index (χ1) is 11.8. The third kappa shape index (κ3) is 3.03. The summed E-state index contributed by atoms with van der Waals surface area (Å²) < 4.78 is 11.3. The van der Waals surface area contributed by atoms with Gasteiger partial charge in [0, 0.05) is 0 Å². The van der Waals surface area contributed by atoms with Gasteiger partial charge in [0.2, 0.25) is 0 Å². The monoisotopic (exact) mass is 322 g/mol. The van der Waals surface area contributed by atoms with Gasteiger partial charge in [-0.2, -0.15) is 0 Å². The molecule has 0 N–H and O–H groups in total. The number of hydrogen-bond acceptors (Lipinski definition) is 3. The average molecular weight is 322 g/mol. The SMILES string of the molecule is O=C(OC1CCCc2ccccc21)OC1CCCc2ccccc21. The van der Waals surface area contributed by atoms with Gasteiger partial charge in [-0.15, -0.1) is 0 Å². The Kier molecular flexibility index (Phi) is 4.24. The van der Waals surface area contributed by atoms with Crippen LogP contribution >= 0.6 is 0 Å². The third-order valence-corrected chi connectivity index (χ3v) is 5.11. The van der Waals surface area contributed by atoms with Crippen molar-refractivity contribution < 1.29 is 14.3 Å². The number of hydrogen-bond donors (Lipinski definition) is 0. The van der Waals surface area contributed by atoms with Crippen LogP contribution in [0.2, 0.25) is 0 Å². The average Bonchev–Trinajstić information content (AvgIpc) is 2.62. The lowest BCUT2D eigenvalue weighted by molar-refractivity contribution is -0.0115. The van der Waals surface area contributed by atoms with Gasteiger partial charge in [-0.25, -0.2) is 4.79 Å². The molecule has 0 aliphatic heterocycles. The van der Waals surface area contributed by atoms with E-state index < -0.39 is 6.16 Å². The van der Waals surface area contributed by atoms with Crippen LogP contribution in [0, 0.1) is 0 Å². The predicted molar refractivity (Wildman–Crippen MR) is 91.8 cm³/mol. The van der Waals surface area contributed by atoms with Crippen LogP contribution < -0.4 is 0 Å². The second kappa shape index (κ2) is 6.68. The number of fused-ring (bicyclic) bond motifs is 2. The summed E-state index contributed by atoms with van der Waals surface area (Å²) in [6.07, 6.45) is 5.03. The van der Waals surface area contributed by atoms with Crippen molar-refractivity contribution in [2.24, 2.45) is 0 Å². The molecule has 4 rings (SSSR count). The molecule has 0 amide bonds. The summed E-state index contributed by atoms with van der Waals surface area (Å²) in [5.41, 5.74) is 4.82. The fourth-order valence-electron chi connectivity index (χ4n) is 3.92. The zero-order chi connectivity index (χ0) is 16.4. The first kappa shape index (κ1) is 15.3. The molecule has 0 saturated heterocycles. The molecule has 2 atom stereocenters. The highest BCUT2D eigenvalue weighted by molar-refractivity contribution is 5.61. The number of benzene rings is 2. The van der Waals surface area contributed by atoms with E-state index in [4.69, 9.17) is 9.47 Å². The van der Waals surface area contributed by atoms with Crippen LogP contribution in [0.4, 0.5) is 4.79 Å². The smallest absolute Gasteiger partial charge is 0.426 e. The van der Waals surface area contributed by atoms with Crippen LogP contribution in [0.25, 0.3) is 0 Å². The Bertz CT molecular complexity index is 676. The van der Waals surface area contributed by atoms with Gasteiger partial charge in [0.1, 0.15) is 12.2 Å². The molecule has 3 heteroatoms. The second-order valence-electron chi connectivity index (χ2n) is 6.65. The molecule has 2 aromatic rings. The Morgan fingerprint density at radius 2 is 1.21 bits per heavy atom. The van der Waals surface area contributed by atoms with E-state index in [0.29, 0.717) is 0 Å². The predicted octanol–water partition coefficient (Wildman–Crippen LogP) is 5.29. The van der Waals surface area contributed by atoms with Crippen molar-refractivity contribution in [3.63, 3.8) is 0 Å². The normalized spacial score (nSPS) is 22.2. The lowest BCUT2D eigenvalue weighted by Gasteiger charge is -2.28. The fourth-order valence-corrected chi connectivity index (χ4v) is 3.92. The van der Waals surface area contributed by atoms with E-state index in [1.165, 1.54) is 11.1 Å². The second-order valence-corrected chi connectivity index (χ2v) is 6.65. The van der Waals surface area contributed by atoms with Gasteiger partial charge >= 0.3 is 6.16 Å². The van der Waals surface area contributed by atoms with Crippen molar-refractivity contribution in [3.8, 4) is 0 Å². The molecule has 2 aliphatic rings. The number of carbonyl (C=O) groups excluding carboxylic acids is 1. The van der Waals surface area contributed by atoms with Gasteiger partial charge in [-0.1, -0.05) is 48.5 Å². The summed E-state index contributed by atoms with van der Waals surface area (Å²) in [6.45, 7) is 0. The standard InChI is InChI=1S/C21H22O3/c22-21(23-19-13-5-9-15-7-1-3-11-17(15)19)24-20-14-6-10-16-8-2-4-12-18(16)20/h1-4,7-8,11-12,19-20H,5-6,9-10,13-14H2. The van der Waals surface area contributed by atoms with Crippen molar-refractivity contribution >= 4 is 6.16 Å². The van der Waals surface area contributed by atoms with Gasteiger partial charge < -0.3 is 9.47 Å². The maximum Gasteiger partial charge on any atom is 0.509 e. The van der Waals surface area contributed by atoms with E-state index >= 15 is 0 Å². The topological polar surface area (TPSA) is 35.5 Å². The highest BCUT2D eigenvalue weighted by Crippen LogP contribution is 2.35. The highest BCUT2D eigenvalue weighted by Gasteiger charge is 2.27. The Hall–Kier alpha value is -2.29. The van der Waals surface area contributed by atoms with Gasteiger partial charge in [0.05, 0.1) is 0 Å².